The summed E-state index contributed by atoms with van der Waals surface area (Å²) < 4.78 is 5.80. The van der Waals surface area contributed by atoms with Crippen LogP contribution in [-0.2, 0) is 6.54 Å². The number of amides is 2. The third-order valence-corrected chi connectivity index (χ3v) is 9.15. The molecule has 3 heterocycles. The van der Waals surface area contributed by atoms with Gasteiger partial charge in [0.1, 0.15) is 11.6 Å². The average molecular weight is 555 g/mol. The molecule has 1 aromatic heterocycles. The van der Waals surface area contributed by atoms with Gasteiger partial charge in [-0.3, -0.25) is 9.80 Å². The first-order valence-electron chi connectivity index (χ1n) is 15.1. The van der Waals surface area contributed by atoms with Gasteiger partial charge in [-0.2, -0.15) is 4.98 Å². The number of hydrogen-bond donors (Lipinski definition) is 1. The van der Waals surface area contributed by atoms with Gasteiger partial charge in [0, 0.05) is 17.8 Å². The van der Waals surface area contributed by atoms with Crippen molar-refractivity contribution < 1.29 is 9.53 Å². The number of aryl methyl sites for hydroxylation is 2. The van der Waals surface area contributed by atoms with Crippen molar-refractivity contribution >= 4 is 29.2 Å². The summed E-state index contributed by atoms with van der Waals surface area (Å²) in [7, 11) is 3.89. The van der Waals surface area contributed by atoms with Crippen LogP contribution in [0.2, 0.25) is 0 Å². The lowest BCUT2D eigenvalue weighted by Crippen LogP contribution is -2.53. The summed E-state index contributed by atoms with van der Waals surface area (Å²) in [6.07, 6.45) is 9.65. The zero-order valence-corrected chi connectivity index (χ0v) is 24.8. The van der Waals surface area contributed by atoms with E-state index in [0.29, 0.717) is 18.4 Å². The normalized spacial score (nSPS) is 18.9. The van der Waals surface area contributed by atoms with Gasteiger partial charge in [0.2, 0.25) is 5.95 Å². The number of benzene rings is 2. The van der Waals surface area contributed by atoms with E-state index in [1.165, 1.54) is 12.0 Å². The monoisotopic (exact) mass is 554 g/mol. The average Bonchev–Trinajstić information content (AvgIpc) is 2.98. The summed E-state index contributed by atoms with van der Waals surface area (Å²) in [4.78, 5) is 30.2. The number of nitrogens with zero attached hydrogens (tertiary/aromatic N) is 5. The van der Waals surface area contributed by atoms with Crippen molar-refractivity contribution in [3.63, 3.8) is 0 Å². The summed E-state index contributed by atoms with van der Waals surface area (Å²) >= 11 is 0. The van der Waals surface area contributed by atoms with Gasteiger partial charge in [0.15, 0.2) is 0 Å². The Labute approximate surface area is 243 Å². The molecule has 2 aliphatic heterocycles. The highest BCUT2D eigenvalue weighted by molar-refractivity contribution is 6.06. The summed E-state index contributed by atoms with van der Waals surface area (Å²) in [6.45, 7) is 6.84. The van der Waals surface area contributed by atoms with Crippen LogP contribution in [0.1, 0.15) is 73.1 Å². The number of anilines is 4. The number of ether oxygens (including phenoxy) is 1. The van der Waals surface area contributed by atoms with E-state index in [0.717, 1.165) is 91.2 Å². The molecule has 2 fully saturated rings. The molecule has 6 rings (SSSR count). The van der Waals surface area contributed by atoms with Crippen LogP contribution < -0.4 is 19.9 Å². The lowest BCUT2D eigenvalue weighted by atomic mass is 9.89. The van der Waals surface area contributed by atoms with Gasteiger partial charge in [0.05, 0.1) is 25.0 Å². The molecular weight excluding hydrogens is 512 g/mol. The second kappa shape index (κ2) is 11.7. The van der Waals surface area contributed by atoms with Gasteiger partial charge in [0.25, 0.3) is 0 Å². The van der Waals surface area contributed by atoms with Crippen molar-refractivity contribution in [1.82, 2.24) is 14.9 Å². The Kier molecular flexibility index (Phi) is 7.84. The SMILES string of the molecule is COc1cc(C2CCN(C)CC2)ccc1Nc1ncc2c(n1)N(C1CCCCC1)C(=O)N(c1c(C)cccc1C)C2. The Bertz CT molecular complexity index is 1390. The highest BCUT2D eigenvalue weighted by Crippen LogP contribution is 2.39. The van der Waals surface area contributed by atoms with Crippen molar-refractivity contribution in [2.45, 2.75) is 77.3 Å². The molecule has 2 aromatic carbocycles. The van der Waals surface area contributed by atoms with Crippen LogP contribution in [0.15, 0.2) is 42.6 Å². The van der Waals surface area contributed by atoms with Gasteiger partial charge in [-0.25, -0.2) is 9.78 Å². The number of piperidine rings is 1. The third-order valence-electron chi connectivity index (χ3n) is 9.15. The van der Waals surface area contributed by atoms with E-state index >= 15 is 0 Å². The number of urea groups is 1. The number of carbonyl (C=O) groups excluding carboxylic acids is 1. The van der Waals surface area contributed by atoms with E-state index in [1.54, 1.807) is 7.11 Å². The molecule has 3 aromatic rings. The molecule has 3 aliphatic rings. The van der Waals surface area contributed by atoms with Gasteiger partial charge in [-0.1, -0.05) is 43.5 Å². The fourth-order valence-corrected chi connectivity index (χ4v) is 6.84. The molecule has 0 atom stereocenters. The second-order valence-corrected chi connectivity index (χ2v) is 12.0. The highest BCUT2D eigenvalue weighted by Gasteiger charge is 2.38. The Morgan fingerprint density at radius 1 is 0.976 bits per heavy atom. The fraction of sp³-hybridized carbons (Fsp3) is 0.485. The van der Waals surface area contributed by atoms with Gasteiger partial charge in [-0.05, 0) is 94.4 Å². The van der Waals surface area contributed by atoms with E-state index in [1.807, 2.05) is 22.1 Å². The molecule has 8 nitrogen and oxygen atoms in total. The number of nitrogens with one attached hydrogen (secondary N) is 1. The molecule has 0 radical (unpaired) electrons. The van der Waals surface area contributed by atoms with E-state index in [9.17, 15) is 4.79 Å². The third kappa shape index (κ3) is 5.49. The molecule has 8 heteroatoms. The Hall–Kier alpha value is -3.65. The molecule has 0 spiro atoms. The summed E-state index contributed by atoms with van der Waals surface area (Å²) in [6, 6.07) is 12.7. The Balaban J connectivity index is 1.32. The minimum absolute atomic E-state index is 0.00603. The molecule has 1 aliphatic carbocycles. The number of rotatable bonds is 6. The van der Waals surface area contributed by atoms with E-state index in [-0.39, 0.29) is 12.1 Å². The maximum absolute atomic E-state index is 14.2. The van der Waals surface area contributed by atoms with Crippen molar-refractivity contribution in [2.75, 3.05) is 42.4 Å². The van der Waals surface area contributed by atoms with Gasteiger partial charge in [-0.15, -0.1) is 0 Å². The van der Waals surface area contributed by atoms with Crippen LogP contribution in [0, 0.1) is 13.8 Å². The number of methoxy groups -OCH3 is 1. The minimum atomic E-state index is 0.00603. The van der Waals surface area contributed by atoms with Gasteiger partial charge >= 0.3 is 6.03 Å². The molecular formula is C33H42N6O2. The number of fused-ring (bicyclic) bond motifs is 1. The number of para-hydroxylation sites is 1. The first-order chi connectivity index (χ1) is 19.9. The molecule has 0 unspecified atom stereocenters. The summed E-state index contributed by atoms with van der Waals surface area (Å²) in [5.74, 6) is 2.53. The quantitative estimate of drug-likeness (QED) is 0.356. The predicted octanol–water partition coefficient (Wildman–Crippen LogP) is 6.93. The largest absolute Gasteiger partial charge is 0.495 e. The van der Waals surface area contributed by atoms with E-state index in [2.05, 4.69) is 61.4 Å². The van der Waals surface area contributed by atoms with E-state index in [4.69, 9.17) is 14.7 Å². The summed E-state index contributed by atoms with van der Waals surface area (Å²) in [5.41, 5.74) is 6.29. The standard InChI is InChI=1S/C33H42N6O2/c1-22-9-8-10-23(2)30(22)38-21-26-20-34-32(36-31(26)39(33(38)40)27-11-6-5-7-12-27)35-28-14-13-25(19-29(28)41-4)24-15-17-37(3)18-16-24/h8-10,13-14,19-20,24,27H,5-7,11-12,15-18,21H2,1-4H3,(H,34,35,36). The zero-order chi connectivity index (χ0) is 28.5. The van der Waals surface area contributed by atoms with Crippen LogP contribution in [0.5, 0.6) is 5.75 Å². The van der Waals surface area contributed by atoms with Gasteiger partial charge < -0.3 is 15.0 Å². The number of likely N-dealkylation sites (tertiary alicyclic amines) is 1. The highest BCUT2D eigenvalue weighted by atomic mass is 16.5. The maximum atomic E-state index is 14.2. The van der Waals surface area contributed by atoms with Crippen molar-refractivity contribution in [3.05, 3.63) is 64.8 Å². The predicted molar refractivity (Wildman–Crippen MR) is 165 cm³/mol. The number of hydrogen-bond acceptors (Lipinski definition) is 6. The molecule has 41 heavy (non-hydrogen) atoms. The molecule has 216 valence electrons. The first-order valence-corrected chi connectivity index (χ1v) is 15.1. The molecule has 0 bridgehead atoms. The Morgan fingerprint density at radius 3 is 2.41 bits per heavy atom. The van der Waals surface area contributed by atoms with Crippen molar-refractivity contribution in [1.29, 1.82) is 0 Å². The zero-order valence-electron chi connectivity index (χ0n) is 24.8. The van der Waals surface area contributed by atoms with Crippen molar-refractivity contribution in [3.8, 4) is 5.75 Å². The Morgan fingerprint density at radius 2 is 1.71 bits per heavy atom. The molecule has 2 amide bonds. The number of aromatic nitrogens is 2. The molecule has 1 saturated heterocycles. The molecule has 1 saturated carbocycles. The fourth-order valence-electron chi connectivity index (χ4n) is 6.84. The summed E-state index contributed by atoms with van der Waals surface area (Å²) in [5, 5.41) is 3.40. The van der Waals surface area contributed by atoms with Crippen LogP contribution in [-0.4, -0.2) is 54.2 Å². The van der Waals surface area contributed by atoms with Crippen molar-refractivity contribution in [2.24, 2.45) is 0 Å². The lowest BCUT2D eigenvalue weighted by molar-refractivity contribution is 0.244. The lowest BCUT2D eigenvalue weighted by Gasteiger charge is -2.42. The van der Waals surface area contributed by atoms with Crippen LogP contribution >= 0.6 is 0 Å². The molecule has 1 N–H and O–H groups in total. The first kappa shape index (κ1) is 27.5. The maximum Gasteiger partial charge on any atom is 0.330 e. The van der Waals surface area contributed by atoms with E-state index < -0.39 is 0 Å². The number of carbonyl (C=O) groups is 1. The van der Waals surface area contributed by atoms with Crippen LogP contribution in [0.25, 0.3) is 0 Å². The van der Waals surface area contributed by atoms with Crippen LogP contribution in [0.4, 0.5) is 27.9 Å². The smallest absolute Gasteiger partial charge is 0.330 e. The topological polar surface area (TPSA) is 73.8 Å². The van der Waals surface area contributed by atoms with Crippen LogP contribution in [0.3, 0.4) is 0 Å². The second-order valence-electron chi connectivity index (χ2n) is 12.0. The minimum Gasteiger partial charge on any atom is -0.495 e.